The zero-order valence-corrected chi connectivity index (χ0v) is 13.6. The van der Waals surface area contributed by atoms with E-state index >= 15 is 0 Å². The molecule has 1 nitrogen and oxygen atoms in total. The van der Waals surface area contributed by atoms with Gasteiger partial charge in [0.25, 0.3) is 0 Å². The second-order valence-electron chi connectivity index (χ2n) is 5.67. The van der Waals surface area contributed by atoms with Crippen LogP contribution in [0, 0.1) is 18.7 Å². The van der Waals surface area contributed by atoms with Gasteiger partial charge in [-0.1, -0.05) is 55.4 Å². The highest BCUT2D eigenvalue weighted by Gasteiger charge is 2.08. The first-order chi connectivity index (χ1) is 10.1. The third-order valence-electron chi connectivity index (χ3n) is 3.14. The maximum Gasteiger partial charge on any atom is 0.137 e. The van der Waals surface area contributed by atoms with E-state index in [1.54, 1.807) is 6.07 Å². The minimum absolute atomic E-state index is 0.163. The van der Waals surface area contributed by atoms with E-state index in [1.807, 2.05) is 12.1 Å². The Labute approximate surface area is 131 Å². The summed E-state index contributed by atoms with van der Waals surface area (Å²) in [6.45, 7) is 8.27. The maximum atomic E-state index is 13.8. The summed E-state index contributed by atoms with van der Waals surface area (Å²) in [7, 11) is 0. The fourth-order valence-corrected chi connectivity index (χ4v) is 3.03. The summed E-state index contributed by atoms with van der Waals surface area (Å²) < 4.78 is 13.8. The first-order valence-corrected chi connectivity index (χ1v) is 8.10. The summed E-state index contributed by atoms with van der Waals surface area (Å²) in [6.07, 6.45) is 0. The van der Waals surface area contributed by atoms with E-state index < -0.39 is 0 Å². The maximum absolute atomic E-state index is 13.8. The standard InChI is InChI=1S/C18H22FNS/c1-13(2)11-20-12-15-10-14(3)8-9-17(15)21-18-7-5-4-6-16(18)19/h4-10,13,20H,11-12H2,1-3H3. The zero-order valence-electron chi connectivity index (χ0n) is 12.8. The van der Waals surface area contributed by atoms with Gasteiger partial charge in [-0.3, -0.25) is 0 Å². The molecular formula is C18H22FNS. The molecule has 0 aromatic heterocycles. The van der Waals surface area contributed by atoms with E-state index in [-0.39, 0.29) is 5.82 Å². The number of rotatable bonds is 6. The van der Waals surface area contributed by atoms with Crippen molar-refractivity contribution in [2.24, 2.45) is 5.92 Å². The average molecular weight is 303 g/mol. The molecule has 21 heavy (non-hydrogen) atoms. The Hall–Kier alpha value is -1.32. The van der Waals surface area contributed by atoms with E-state index in [0.717, 1.165) is 18.0 Å². The van der Waals surface area contributed by atoms with Gasteiger partial charge in [0, 0.05) is 16.3 Å². The van der Waals surface area contributed by atoms with Crippen molar-refractivity contribution in [1.82, 2.24) is 5.32 Å². The van der Waals surface area contributed by atoms with Crippen molar-refractivity contribution in [1.29, 1.82) is 0 Å². The average Bonchev–Trinajstić information content (AvgIpc) is 2.43. The normalized spacial score (nSPS) is 11.1. The third kappa shape index (κ3) is 4.87. The van der Waals surface area contributed by atoms with E-state index in [1.165, 1.54) is 29.0 Å². The van der Waals surface area contributed by atoms with Crippen LogP contribution >= 0.6 is 11.8 Å². The molecule has 0 aliphatic rings. The molecule has 2 aromatic carbocycles. The molecule has 0 bridgehead atoms. The number of halogens is 1. The van der Waals surface area contributed by atoms with E-state index in [0.29, 0.717) is 10.8 Å². The van der Waals surface area contributed by atoms with Gasteiger partial charge < -0.3 is 5.32 Å². The highest BCUT2D eigenvalue weighted by Crippen LogP contribution is 2.32. The van der Waals surface area contributed by atoms with Gasteiger partial charge in [-0.25, -0.2) is 4.39 Å². The number of hydrogen-bond donors (Lipinski definition) is 1. The van der Waals surface area contributed by atoms with Crippen molar-refractivity contribution in [3.8, 4) is 0 Å². The Balaban J connectivity index is 2.16. The lowest BCUT2D eigenvalue weighted by Gasteiger charge is -2.13. The molecule has 0 atom stereocenters. The monoisotopic (exact) mass is 303 g/mol. The van der Waals surface area contributed by atoms with Crippen molar-refractivity contribution < 1.29 is 4.39 Å². The van der Waals surface area contributed by atoms with Crippen LogP contribution in [0.1, 0.15) is 25.0 Å². The van der Waals surface area contributed by atoms with Crippen molar-refractivity contribution >= 4 is 11.8 Å². The minimum atomic E-state index is -0.163. The number of hydrogen-bond acceptors (Lipinski definition) is 2. The molecule has 0 saturated carbocycles. The molecule has 112 valence electrons. The smallest absolute Gasteiger partial charge is 0.137 e. The van der Waals surface area contributed by atoms with Gasteiger partial charge in [-0.2, -0.15) is 0 Å². The molecule has 3 heteroatoms. The number of nitrogens with one attached hydrogen (secondary N) is 1. The van der Waals surface area contributed by atoms with Crippen LogP contribution in [0.3, 0.4) is 0 Å². The zero-order chi connectivity index (χ0) is 15.2. The molecule has 0 spiro atoms. The molecule has 0 amide bonds. The van der Waals surface area contributed by atoms with Gasteiger partial charge >= 0.3 is 0 Å². The van der Waals surface area contributed by atoms with Gasteiger partial charge in [0.05, 0.1) is 0 Å². The van der Waals surface area contributed by atoms with Gasteiger partial charge in [-0.05, 0) is 43.1 Å². The number of benzene rings is 2. The second kappa shape index (κ2) is 7.62. The Bertz CT molecular complexity index is 596. The fraction of sp³-hybridized carbons (Fsp3) is 0.333. The Kier molecular flexibility index (Phi) is 5.83. The molecule has 0 aliphatic carbocycles. The lowest BCUT2D eigenvalue weighted by Crippen LogP contribution is -2.19. The second-order valence-corrected chi connectivity index (χ2v) is 6.75. The predicted molar refractivity (Wildman–Crippen MR) is 88.2 cm³/mol. The summed E-state index contributed by atoms with van der Waals surface area (Å²) in [4.78, 5) is 1.79. The SMILES string of the molecule is Cc1ccc(Sc2ccccc2F)c(CNCC(C)C)c1. The van der Waals surface area contributed by atoms with Crippen LogP contribution in [0.15, 0.2) is 52.3 Å². The van der Waals surface area contributed by atoms with Crippen LogP contribution in [-0.4, -0.2) is 6.54 Å². The highest BCUT2D eigenvalue weighted by atomic mass is 32.2. The summed E-state index contributed by atoms with van der Waals surface area (Å²) in [5.74, 6) is 0.460. The highest BCUT2D eigenvalue weighted by molar-refractivity contribution is 7.99. The Morgan fingerprint density at radius 3 is 2.57 bits per heavy atom. The number of aryl methyl sites for hydroxylation is 1. The van der Waals surface area contributed by atoms with E-state index in [2.05, 4.69) is 44.3 Å². The minimum Gasteiger partial charge on any atom is -0.312 e. The van der Waals surface area contributed by atoms with Crippen molar-refractivity contribution in [3.05, 3.63) is 59.4 Å². The van der Waals surface area contributed by atoms with E-state index in [4.69, 9.17) is 0 Å². The molecule has 0 unspecified atom stereocenters. The van der Waals surface area contributed by atoms with Crippen molar-refractivity contribution in [3.63, 3.8) is 0 Å². The molecule has 0 fully saturated rings. The molecule has 1 N–H and O–H groups in total. The predicted octanol–water partition coefficient (Wildman–Crippen LogP) is 5.03. The first-order valence-electron chi connectivity index (χ1n) is 7.29. The van der Waals surface area contributed by atoms with Crippen LogP contribution in [0.5, 0.6) is 0 Å². The van der Waals surface area contributed by atoms with Crippen LogP contribution in [-0.2, 0) is 6.54 Å². The van der Waals surface area contributed by atoms with Crippen LogP contribution in [0.2, 0.25) is 0 Å². The molecule has 0 saturated heterocycles. The fourth-order valence-electron chi connectivity index (χ4n) is 2.09. The summed E-state index contributed by atoms with van der Waals surface area (Å²) in [6, 6.07) is 13.3. The van der Waals surface area contributed by atoms with E-state index in [9.17, 15) is 4.39 Å². The van der Waals surface area contributed by atoms with Gasteiger partial charge in [0.15, 0.2) is 0 Å². The lowest BCUT2D eigenvalue weighted by molar-refractivity contribution is 0.550. The quantitative estimate of drug-likeness (QED) is 0.803. The first kappa shape index (κ1) is 16.1. The van der Waals surface area contributed by atoms with Gasteiger partial charge in [0.1, 0.15) is 5.82 Å². The van der Waals surface area contributed by atoms with Crippen molar-refractivity contribution in [2.75, 3.05) is 6.54 Å². The Morgan fingerprint density at radius 1 is 1.10 bits per heavy atom. The lowest BCUT2D eigenvalue weighted by atomic mass is 10.1. The Morgan fingerprint density at radius 2 is 1.86 bits per heavy atom. The topological polar surface area (TPSA) is 12.0 Å². The van der Waals surface area contributed by atoms with Crippen LogP contribution in [0.25, 0.3) is 0 Å². The van der Waals surface area contributed by atoms with Crippen LogP contribution < -0.4 is 5.32 Å². The molecule has 0 radical (unpaired) electrons. The largest absolute Gasteiger partial charge is 0.312 e. The van der Waals surface area contributed by atoms with Crippen molar-refractivity contribution in [2.45, 2.75) is 37.1 Å². The third-order valence-corrected chi connectivity index (χ3v) is 4.31. The summed E-state index contributed by atoms with van der Waals surface area (Å²) >= 11 is 1.49. The molecular weight excluding hydrogens is 281 g/mol. The molecule has 2 aromatic rings. The summed E-state index contributed by atoms with van der Waals surface area (Å²) in [5, 5.41) is 3.46. The summed E-state index contributed by atoms with van der Waals surface area (Å²) in [5.41, 5.74) is 2.46. The molecule has 0 heterocycles. The molecule has 2 rings (SSSR count). The van der Waals surface area contributed by atoms with Gasteiger partial charge in [0.2, 0.25) is 0 Å². The van der Waals surface area contributed by atoms with Gasteiger partial charge in [-0.15, -0.1) is 0 Å². The molecule has 0 aliphatic heterocycles. The van der Waals surface area contributed by atoms with Crippen LogP contribution in [0.4, 0.5) is 4.39 Å².